The summed E-state index contributed by atoms with van der Waals surface area (Å²) in [5, 5.41) is 8.60. The number of hydrogen-bond donors (Lipinski definition) is 1. The molecule has 1 saturated heterocycles. The first kappa shape index (κ1) is 12.9. The SMILES string of the molecule is CCCNc1snnc1CN1CCS(=O)CC1. The topological polar surface area (TPSA) is 58.1 Å². The van der Waals surface area contributed by atoms with E-state index in [1.165, 1.54) is 11.5 Å². The molecule has 0 amide bonds. The Morgan fingerprint density at radius 1 is 1.47 bits per heavy atom. The Kier molecular flexibility index (Phi) is 4.87. The molecule has 7 heteroatoms. The van der Waals surface area contributed by atoms with E-state index in [-0.39, 0.29) is 0 Å². The third kappa shape index (κ3) is 3.72. The molecule has 0 atom stereocenters. The summed E-state index contributed by atoms with van der Waals surface area (Å²) in [7, 11) is -0.610. The van der Waals surface area contributed by atoms with Crippen molar-refractivity contribution < 1.29 is 4.21 Å². The average Bonchev–Trinajstić information content (AvgIpc) is 2.77. The summed E-state index contributed by atoms with van der Waals surface area (Å²) in [4.78, 5) is 2.30. The number of hydrogen-bond acceptors (Lipinski definition) is 6. The highest BCUT2D eigenvalue weighted by Crippen LogP contribution is 2.19. The van der Waals surface area contributed by atoms with Crippen molar-refractivity contribution in [2.24, 2.45) is 0 Å². The number of aromatic nitrogens is 2. The summed E-state index contributed by atoms with van der Waals surface area (Å²) in [6.07, 6.45) is 1.10. The van der Waals surface area contributed by atoms with E-state index in [0.29, 0.717) is 0 Å². The predicted molar refractivity (Wildman–Crippen MR) is 71.8 cm³/mol. The fourth-order valence-corrected chi connectivity index (χ4v) is 3.46. The molecule has 17 heavy (non-hydrogen) atoms. The molecule has 1 aliphatic rings. The lowest BCUT2D eigenvalue weighted by molar-refractivity contribution is 0.288. The first-order chi connectivity index (χ1) is 8.29. The van der Waals surface area contributed by atoms with Crippen LogP contribution in [-0.2, 0) is 17.3 Å². The molecule has 1 aromatic heterocycles. The zero-order valence-corrected chi connectivity index (χ0v) is 11.6. The van der Waals surface area contributed by atoms with Crippen molar-refractivity contribution in [3.8, 4) is 0 Å². The van der Waals surface area contributed by atoms with Crippen LogP contribution in [0, 0.1) is 0 Å². The van der Waals surface area contributed by atoms with E-state index >= 15 is 0 Å². The Labute approximate surface area is 108 Å². The summed E-state index contributed by atoms with van der Waals surface area (Å²) in [6, 6.07) is 0. The molecule has 0 spiro atoms. The van der Waals surface area contributed by atoms with Crippen molar-refractivity contribution in [3.05, 3.63) is 5.69 Å². The van der Waals surface area contributed by atoms with Crippen LogP contribution in [0.3, 0.4) is 0 Å². The minimum absolute atomic E-state index is 0.610. The molecule has 1 fully saturated rings. The molecule has 1 aromatic rings. The second-order valence-corrected chi connectivity index (χ2v) is 6.55. The number of nitrogens with zero attached hydrogens (tertiary/aromatic N) is 3. The van der Waals surface area contributed by atoms with Crippen molar-refractivity contribution in [1.29, 1.82) is 0 Å². The van der Waals surface area contributed by atoms with Crippen molar-refractivity contribution in [1.82, 2.24) is 14.5 Å². The number of anilines is 1. The van der Waals surface area contributed by atoms with Gasteiger partial charge in [-0.2, -0.15) is 0 Å². The fourth-order valence-electron chi connectivity index (χ4n) is 1.73. The van der Waals surface area contributed by atoms with Gasteiger partial charge in [0.25, 0.3) is 0 Å². The Morgan fingerprint density at radius 3 is 2.94 bits per heavy atom. The van der Waals surface area contributed by atoms with Crippen molar-refractivity contribution in [3.63, 3.8) is 0 Å². The first-order valence-corrected chi connectivity index (χ1v) is 8.18. The number of nitrogens with one attached hydrogen (secondary N) is 1. The van der Waals surface area contributed by atoms with E-state index in [0.717, 1.165) is 54.8 Å². The van der Waals surface area contributed by atoms with E-state index in [4.69, 9.17) is 0 Å². The third-order valence-electron chi connectivity index (χ3n) is 2.74. The molecule has 96 valence electrons. The standard InChI is InChI=1S/C10H18N4OS2/c1-2-3-11-10-9(12-13-16-10)8-14-4-6-17(15)7-5-14/h11H,2-8H2,1H3. The largest absolute Gasteiger partial charge is 0.374 e. The van der Waals surface area contributed by atoms with Gasteiger partial charge >= 0.3 is 0 Å². The maximum Gasteiger partial charge on any atom is 0.134 e. The molecular formula is C10H18N4OS2. The highest BCUT2D eigenvalue weighted by Gasteiger charge is 2.18. The van der Waals surface area contributed by atoms with Gasteiger partial charge < -0.3 is 5.32 Å². The van der Waals surface area contributed by atoms with Gasteiger partial charge in [0, 0.05) is 60.0 Å². The van der Waals surface area contributed by atoms with Crippen molar-refractivity contribution in [2.45, 2.75) is 19.9 Å². The normalized spacial score (nSPS) is 18.4. The highest BCUT2D eigenvalue weighted by atomic mass is 32.2. The van der Waals surface area contributed by atoms with Crippen LogP contribution in [-0.4, -0.2) is 49.8 Å². The summed E-state index contributed by atoms with van der Waals surface area (Å²) < 4.78 is 15.3. The van der Waals surface area contributed by atoms with E-state index in [1.807, 2.05) is 0 Å². The van der Waals surface area contributed by atoms with Crippen LogP contribution in [0.25, 0.3) is 0 Å². The Morgan fingerprint density at radius 2 is 2.24 bits per heavy atom. The maximum atomic E-state index is 11.3. The molecule has 5 nitrogen and oxygen atoms in total. The van der Waals surface area contributed by atoms with E-state index in [2.05, 4.69) is 26.7 Å². The zero-order valence-electron chi connectivity index (χ0n) is 10.0. The van der Waals surface area contributed by atoms with E-state index in [1.54, 1.807) is 0 Å². The van der Waals surface area contributed by atoms with Gasteiger partial charge in [0.2, 0.25) is 0 Å². The van der Waals surface area contributed by atoms with Crippen LogP contribution >= 0.6 is 11.5 Å². The third-order valence-corrected chi connectivity index (χ3v) is 4.74. The van der Waals surface area contributed by atoms with E-state index < -0.39 is 10.8 Å². The molecule has 1 aliphatic heterocycles. The first-order valence-electron chi connectivity index (χ1n) is 5.92. The predicted octanol–water partition coefficient (Wildman–Crippen LogP) is 0.924. The lowest BCUT2D eigenvalue weighted by Gasteiger charge is -2.25. The lowest BCUT2D eigenvalue weighted by atomic mass is 10.3. The zero-order chi connectivity index (χ0) is 12.1. The summed E-state index contributed by atoms with van der Waals surface area (Å²) in [5.74, 6) is 1.57. The Balaban J connectivity index is 1.89. The molecule has 2 rings (SSSR count). The minimum atomic E-state index is -0.610. The van der Waals surface area contributed by atoms with Gasteiger partial charge in [-0.1, -0.05) is 11.4 Å². The van der Waals surface area contributed by atoms with E-state index in [9.17, 15) is 4.21 Å². The van der Waals surface area contributed by atoms with Gasteiger partial charge in [-0.3, -0.25) is 9.11 Å². The van der Waals surface area contributed by atoms with Crippen LogP contribution in [0.1, 0.15) is 19.0 Å². The lowest BCUT2D eigenvalue weighted by Crippen LogP contribution is -2.37. The maximum absolute atomic E-state index is 11.3. The molecule has 0 aromatic carbocycles. The van der Waals surface area contributed by atoms with Crippen LogP contribution in [0.5, 0.6) is 0 Å². The fraction of sp³-hybridized carbons (Fsp3) is 0.800. The average molecular weight is 274 g/mol. The Hall–Kier alpha value is -0.530. The molecule has 2 heterocycles. The van der Waals surface area contributed by atoms with Gasteiger partial charge in [0.05, 0.1) is 0 Å². The minimum Gasteiger partial charge on any atom is -0.374 e. The second kappa shape index (κ2) is 6.42. The summed E-state index contributed by atoms with van der Waals surface area (Å²) >= 11 is 1.42. The van der Waals surface area contributed by atoms with Crippen LogP contribution in [0.2, 0.25) is 0 Å². The molecule has 0 aliphatic carbocycles. The van der Waals surface area contributed by atoms with Gasteiger partial charge in [0.1, 0.15) is 10.7 Å². The second-order valence-electron chi connectivity index (χ2n) is 4.10. The molecule has 0 saturated carbocycles. The van der Waals surface area contributed by atoms with Crippen molar-refractivity contribution in [2.75, 3.05) is 36.5 Å². The van der Waals surface area contributed by atoms with Gasteiger partial charge in [-0.15, -0.1) is 5.10 Å². The highest BCUT2D eigenvalue weighted by molar-refractivity contribution is 7.85. The molecule has 0 unspecified atom stereocenters. The monoisotopic (exact) mass is 274 g/mol. The number of rotatable bonds is 5. The molecular weight excluding hydrogens is 256 g/mol. The van der Waals surface area contributed by atoms with Gasteiger partial charge in [-0.25, -0.2) is 0 Å². The summed E-state index contributed by atoms with van der Waals surface area (Å²) in [5.41, 5.74) is 1.02. The Bertz CT molecular complexity index is 372. The van der Waals surface area contributed by atoms with Crippen LogP contribution < -0.4 is 5.32 Å². The van der Waals surface area contributed by atoms with Gasteiger partial charge in [0.15, 0.2) is 0 Å². The molecule has 0 bridgehead atoms. The smallest absolute Gasteiger partial charge is 0.134 e. The summed E-state index contributed by atoms with van der Waals surface area (Å²) in [6.45, 7) is 5.72. The quantitative estimate of drug-likeness (QED) is 0.865. The van der Waals surface area contributed by atoms with Crippen molar-refractivity contribution >= 4 is 27.3 Å². The van der Waals surface area contributed by atoms with Gasteiger partial charge in [-0.05, 0) is 6.42 Å². The van der Waals surface area contributed by atoms with Crippen LogP contribution in [0.15, 0.2) is 0 Å². The molecule has 1 N–H and O–H groups in total. The molecule has 0 radical (unpaired) electrons. The van der Waals surface area contributed by atoms with Crippen LogP contribution in [0.4, 0.5) is 5.00 Å².